The molecule has 0 bridgehead atoms. The van der Waals surface area contributed by atoms with Crippen LogP contribution in [0, 0.1) is 0 Å². The number of nitrogens with zero attached hydrogens (tertiary/aromatic N) is 1. The van der Waals surface area contributed by atoms with E-state index in [0.29, 0.717) is 11.0 Å². The Morgan fingerprint density at radius 3 is 2.57 bits per heavy atom. The fourth-order valence-corrected chi connectivity index (χ4v) is 2.47. The number of hydrogen-bond acceptors (Lipinski definition) is 5. The molecule has 1 aliphatic rings. The van der Waals surface area contributed by atoms with Gasteiger partial charge >= 0.3 is 0 Å². The first-order valence-corrected chi connectivity index (χ1v) is 6.46. The number of nitrogens with two attached hydrogens (primary N) is 1. The summed E-state index contributed by atoms with van der Waals surface area (Å²) >= 11 is 0. The second kappa shape index (κ2) is 5.02. The van der Waals surface area contributed by atoms with Crippen molar-refractivity contribution in [2.45, 2.75) is 19.4 Å². The lowest BCUT2D eigenvalue weighted by atomic mass is 10.1. The van der Waals surface area contributed by atoms with Crippen LogP contribution in [0.2, 0.25) is 0 Å². The quantitative estimate of drug-likeness (QED) is 0.374. The predicted octanol–water partition coefficient (Wildman–Crippen LogP) is 0.685. The molecule has 3 rings (SSSR count). The highest BCUT2D eigenvalue weighted by atomic mass is 16.3. The summed E-state index contributed by atoms with van der Waals surface area (Å²) in [5, 5.41) is 0.592. The van der Waals surface area contributed by atoms with Crippen molar-refractivity contribution in [1.29, 1.82) is 0 Å². The molecule has 0 radical (unpaired) electrons. The summed E-state index contributed by atoms with van der Waals surface area (Å²) in [6, 6.07) is 6.97. The van der Waals surface area contributed by atoms with Gasteiger partial charge in [0, 0.05) is 18.2 Å². The van der Waals surface area contributed by atoms with Crippen LogP contribution in [0.3, 0.4) is 0 Å². The van der Waals surface area contributed by atoms with E-state index in [0.717, 1.165) is 4.90 Å². The van der Waals surface area contributed by atoms with Crippen molar-refractivity contribution in [3.05, 3.63) is 35.6 Å². The number of fused-ring (bicyclic) bond motifs is 1. The number of carbonyl (C=O) groups is 3. The van der Waals surface area contributed by atoms with Crippen LogP contribution in [0.5, 0.6) is 0 Å². The van der Waals surface area contributed by atoms with Crippen LogP contribution in [0.25, 0.3) is 11.0 Å². The lowest BCUT2D eigenvalue weighted by Gasteiger charge is -2.12. The number of imide groups is 1. The van der Waals surface area contributed by atoms with E-state index in [-0.39, 0.29) is 42.5 Å². The topological polar surface area (TPSA) is 106 Å². The van der Waals surface area contributed by atoms with Gasteiger partial charge in [-0.2, -0.15) is 0 Å². The van der Waals surface area contributed by atoms with Crippen molar-refractivity contribution < 1.29 is 18.8 Å². The summed E-state index contributed by atoms with van der Waals surface area (Å²) in [5.74, 6) is 4.40. The van der Waals surface area contributed by atoms with Gasteiger partial charge in [-0.1, -0.05) is 18.2 Å². The number of carbonyl (C=O) groups excluding carboxylic acids is 3. The Hall–Kier alpha value is -2.67. The van der Waals surface area contributed by atoms with E-state index in [1.807, 2.05) is 0 Å². The fourth-order valence-electron chi connectivity index (χ4n) is 2.47. The number of amides is 3. The number of nitrogens with one attached hydrogen (secondary N) is 1. The lowest BCUT2D eigenvalue weighted by Crippen LogP contribution is -2.32. The van der Waals surface area contributed by atoms with Gasteiger partial charge in [-0.05, 0) is 6.07 Å². The fraction of sp³-hybridized carbons (Fsp3) is 0.214. The molecule has 3 N–H and O–H groups in total. The van der Waals surface area contributed by atoms with Gasteiger partial charge in [-0.15, -0.1) is 0 Å². The summed E-state index contributed by atoms with van der Waals surface area (Å²) in [6.45, 7) is -0.0604. The first-order chi connectivity index (χ1) is 10.1. The van der Waals surface area contributed by atoms with E-state index in [1.165, 1.54) is 0 Å². The Kier molecular flexibility index (Phi) is 3.19. The minimum absolute atomic E-state index is 0.0604. The van der Waals surface area contributed by atoms with Crippen LogP contribution < -0.4 is 11.3 Å². The van der Waals surface area contributed by atoms with Gasteiger partial charge < -0.3 is 4.42 Å². The highest BCUT2D eigenvalue weighted by Gasteiger charge is 2.32. The molecule has 2 aromatic rings. The molecule has 21 heavy (non-hydrogen) atoms. The normalized spacial score (nSPS) is 15.0. The van der Waals surface area contributed by atoms with Gasteiger partial charge in [0.15, 0.2) is 0 Å². The van der Waals surface area contributed by atoms with Crippen LogP contribution in [0.1, 0.15) is 29.0 Å². The zero-order valence-electron chi connectivity index (χ0n) is 11.1. The molecule has 0 aliphatic carbocycles. The second-order valence-corrected chi connectivity index (χ2v) is 4.74. The number of furan rings is 1. The van der Waals surface area contributed by atoms with Gasteiger partial charge in [-0.3, -0.25) is 24.7 Å². The standard InChI is InChI=1S/C14H13N3O4/c15-16-14(20)13-8-3-1-2-4-9(8)21-10(13)7-17-11(18)5-6-12(17)19/h1-4H,5-7,15H2,(H,16,20). The van der Waals surface area contributed by atoms with Crippen molar-refractivity contribution in [2.24, 2.45) is 5.84 Å². The molecule has 0 spiro atoms. The Balaban J connectivity index is 2.07. The molecule has 1 aliphatic heterocycles. The maximum Gasteiger partial charge on any atom is 0.269 e. The van der Waals surface area contributed by atoms with Crippen LogP contribution in [-0.2, 0) is 16.1 Å². The minimum atomic E-state index is -0.519. The van der Waals surface area contributed by atoms with Crippen LogP contribution in [0.4, 0.5) is 0 Å². The zero-order chi connectivity index (χ0) is 15.0. The average molecular weight is 287 g/mol. The molecule has 108 valence electrons. The number of likely N-dealkylation sites (tertiary alicyclic amines) is 1. The van der Waals surface area contributed by atoms with E-state index in [4.69, 9.17) is 10.3 Å². The average Bonchev–Trinajstić information content (AvgIpc) is 3.01. The van der Waals surface area contributed by atoms with E-state index >= 15 is 0 Å². The third-order valence-corrected chi connectivity index (χ3v) is 3.48. The SMILES string of the molecule is NNC(=O)c1c(CN2C(=O)CCC2=O)oc2ccccc12. The smallest absolute Gasteiger partial charge is 0.269 e. The number of hydrazine groups is 1. The molecule has 1 fully saturated rings. The van der Waals surface area contributed by atoms with Crippen LogP contribution >= 0.6 is 0 Å². The van der Waals surface area contributed by atoms with Gasteiger partial charge in [0.05, 0.1) is 12.1 Å². The maximum atomic E-state index is 12.0. The largest absolute Gasteiger partial charge is 0.458 e. The maximum absolute atomic E-state index is 12.0. The number of para-hydroxylation sites is 1. The first kappa shape index (κ1) is 13.3. The van der Waals surface area contributed by atoms with Crippen molar-refractivity contribution in [3.8, 4) is 0 Å². The van der Waals surface area contributed by atoms with Gasteiger partial charge in [-0.25, -0.2) is 5.84 Å². The first-order valence-electron chi connectivity index (χ1n) is 6.46. The summed E-state index contributed by atoms with van der Waals surface area (Å²) in [7, 11) is 0. The monoisotopic (exact) mass is 287 g/mol. The van der Waals surface area contributed by atoms with E-state index in [9.17, 15) is 14.4 Å². The Morgan fingerprint density at radius 2 is 1.90 bits per heavy atom. The van der Waals surface area contributed by atoms with Crippen molar-refractivity contribution in [2.75, 3.05) is 0 Å². The van der Waals surface area contributed by atoms with E-state index in [1.54, 1.807) is 24.3 Å². The van der Waals surface area contributed by atoms with Gasteiger partial charge in [0.2, 0.25) is 11.8 Å². The highest BCUT2D eigenvalue weighted by molar-refractivity contribution is 6.07. The third-order valence-electron chi connectivity index (χ3n) is 3.48. The summed E-state index contributed by atoms with van der Waals surface area (Å²) < 4.78 is 5.62. The molecule has 0 saturated carbocycles. The molecule has 7 heteroatoms. The zero-order valence-corrected chi connectivity index (χ0v) is 11.1. The second-order valence-electron chi connectivity index (χ2n) is 4.74. The summed E-state index contributed by atoms with van der Waals surface area (Å²) in [4.78, 5) is 36.5. The van der Waals surface area contributed by atoms with Crippen molar-refractivity contribution in [3.63, 3.8) is 0 Å². The summed E-state index contributed by atoms with van der Waals surface area (Å²) in [6.07, 6.45) is 0.384. The van der Waals surface area contributed by atoms with Crippen LogP contribution in [-0.4, -0.2) is 22.6 Å². The summed E-state index contributed by atoms with van der Waals surface area (Å²) in [5.41, 5.74) is 2.82. The Bertz CT molecular complexity index is 734. The molecule has 3 amide bonds. The van der Waals surface area contributed by atoms with Crippen molar-refractivity contribution >= 4 is 28.7 Å². The predicted molar refractivity (Wildman–Crippen MR) is 72.7 cm³/mol. The van der Waals surface area contributed by atoms with E-state index in [2.05, 4.69) is 5.43 Å². The molecular weight excluding hydrogens is 274 g/mol. The molecule has 7 nitrogen and oxygen atoms in total. The number of hydrogen-bond donors (Lipinski definition) is 2. The Morgan fingerprint density at radius 1 is 1.24 bits per heavy atom. The number of rotatable bonds is 3. The molecule has 1 saturated heterocycles. The lowest BCUT2D eigenvalue weighted by molar-refractivity contribution is -0.139. The molecule has 0 unspecified atom stereocenters. The molecular formula is C14H13N3O4. The number of benzene rings is 1. The Labute approximate surface area is 119 Å². The highest BCUT2D eigenvalue weighted by Crippen LogP contribution is 2.28. The third kappa shape index (κ3) is 2.17. The van der Waals surface area contributed by atoms with Gasteiger partial charge in [0.25, 0.3) is 5.91 Å². The molecule has 1 aromatic carbocycles. The van der Waals surface area contributed by atoms with Crippen LogP contribution in [0.15, 0.2) is 28.7 Å². The molecule has 1 aromatic heterocycles. The number of nitrogen functional groups attached to an aromatic ring is 1. The van der Waals surface area contributed by atoms with Gasteiger partial charge in [0.1, 0.15) is 11.3 Å². The molecule has 2 heterocycles. The molecule has 0 atom stereocenters. The minimum Gasteiger partial charge on any atom is -0.458 e. The van der Waals surface area contributed by atoms with E-state index < -0.39 is 5.91 Å². The van der Waals surface area contributed by atoms with Crippen molar-refractivity contribution in [1.82, 2.24) is 10.3 Å².